The maximum atomic E-state index is 11.0. The molecule has 0 N–H and O–H groups in total. The predicted octanol–water partition coefficient (Wildman–Crippen LogP) is 1.03. The molecule has 15 heavy (non-hydrogen) atoms. The highest BCUT2D eigenvalue weighted by molar-refractivity contribution is 5.73. The van der Waals surface area contributed by atoms with E-state index in [9.17, 15) is 9.59 Å². The van der Waals surface area contributed by atoms with E-state index in [1.807, 2.05) is 6.07 Å². The zero-order chi connectivity index (χ0) is 11.7. The van der Waals surface area contributed by atoms with Gasteiger partial charge in [-0.15, -0.1) is 0 Å². The van der Waals surface area contributed by atoms with Gasteiger partial charge in [-0.05, 0) is 13.8 Å². The first-order valence-electron chi connectivity index (χ1n) is 4.84. The maximum Gasteiger partial charge on any atom is 0.307 e. The Morgan fingerprint density at radius 2 is 1.53 bits per heavy atom. The molecule has 0 amide bonds. The Bertz CT molecular complexity index is 237. The third-order valence-corrected chi connectivity index (χ3v) is 1.62. The normalized spacial score (nSPS) is 9.47. The van der Waals surface area contributed by atoms with Crippen LogP contribution < -0.4 is 0 Å². The standard InChI is InChI=1S/C10H15NO4/c1-3-14-9(12)5-8(7-11)6-10(13)15-4-2/h8H,3-6H2,1-2H3. The molecule has 0 aromatic carbocycles. The molecular formula is C10H15NO4. The van der Waals surface area contributed by atoms with Gasteiger partial charge in [-0.1, -0.05) is 0 Å². The molecule has 84 valence electrons. The highest BCUT2D eigenvalue weighted by Gasteiger charge is 2.18. The van der Waals surface area contributed by atoms with Gasteiger partial charge in [0, 0.05) is 0 Å². The lowest BCUT2D eigenvalue weighted by Gasteiger charge is -2.07. The summed E-state index contributed by atoms with van der Waals surface area (Å²) >= 11 is 0. The van der Waals surface area contributed by atoms with E-state index in [-0.39, 0.29) is 26.1 Å². The number of ether oxygens (including phenoxy) is 2. The van der Waals surface area contributed by atoms with Crippen LogP contribution in [0, 0.1) is 17.2 Å². The van der Waals surface area contributed by atoms with Gasteiger partial charge in [-0.25, -0.2) is 0 Å². The Kier molecular flexibility index (Phi) is 6.98. The molecule has 0 saturated heterocycles. The molecule has 0 atom stereocenters. The van der Waals surface area contributed by atoms with Gasteiger partial charge in [0.05, 0.1) is 38.0 Å². The van der Waals surface area contributed by atoms with E-state index >= 15 is 0 Å². The van der Waals surface area contributed by atoms with Gasteiger partial charge < -0.3 is 9.47 Å². The zero-order valence-corrected chi connectivity index (χ0v) is 8.99. The fourth-order valence-electron chi connectivity index (χ4n) is 1.01. The fraction of sp³-hybridized carbons (Fsp3) is 0.700. The number of rotatable bonds is 6. The van der Waals surface area contributed by atoms with Crippen LogP contribution in [-0.4, -0.2) is 25.2 Å². The summed E-state index contributed by atoms with van der Waals surface area (Å²) in [7, 11) is 0. The first-order chi connectivity index (χ1) is 7.13. The molecule has 0 spiro atoms. The quantitative estimate of drug-likeness (QED) is 0.616. The van der Waals surface area contributed by atoms with Crippen molar-refractivity contribution in [2.45, 2.75) is 26.7 Å². The molecule has 0 aliphatic carbocycles. The van der Waals surface area contributed by atoms with Crippen LogP contribution in [0.3, 0.4) is 0 Å². The highest BCUT2D eigenvalue weighted by Crippen LogP contribution is 2.09. The van der Waals surface area contributed by atoms with Gasteiger partial charge in [0.1, 0.15) is 0 Å². The topological polar surface area (TPSA) is 76.4 Å². The number of carbonyl (C=O) groups excluding carboxylic acids is 2. The van der Waals surface area contributed by atoms with Crippen LogP contribution in [0.1, 0.15) is 26.7 Å². The van der Waals surface area contributed by atoms with Crippen molar-refractivity contribution in [2.24, 2.45) is 5.92 Å². The molecule has 0 aliphatic heterocycles. The van der Waals surface area contributed by atoms with Crippen LogP contribution in [0.2, 0.25) is 0 Å². The van der Waals surface area contributed by atoms with E-state index in [2.05, 4.69) is 9.47 Å². The molecule has 0 heterocycles. The zero-order valence-electron chi connectivity index (χ0n) is 8.99. The number of nitriles is 1. The Morgan fingerprint density at radius 3 is 1.80 bits per heavy atom. The van der Waals surface area contributed by atoms with Crippen molar-refractivity contribution < 1.29 is 19.1 Å². The Labute approximate surface area is 89.0 Å². The van der Waals surface area contributed by atoms with E-state index in [1.54, 1.807) is 13.8 Å². The monoisotopic (exact) mass is 213 g/mol. The Morgan fingerprint density at radius 1 is 1.13 bits per heavy atom. The van der Waals surface area contributed by atoms with Gasteiger partial charge in [0.15, 0.2) is 0 Å². The molecule has 0 radical (unpaired) electrons. The van der Waals surface area contributed by atoms with E-state index in [4.69, 9.17) is 5.26 Å². The van der Waals surface area contributed by atoms with Crippen LogP contribution in [-0.2, 0) is 19.1 Å². The minimum absolute atomic E-state index is 0.0663. The van der Waals surface area contributed by atoms with Crippen molar-refractivity contribution >= 4 is 11.9 Å². The van der Waals surface area contributed by atoms with Crippen molar-refractivity contribution in [3.05, 3.63) is 0 Å². The molecule has 5 nitrogen and oxygen atoms in total. The maximum absolute atomic E-state index is 11.0. The van der Waals surface area contributed by atoms with Crippen molar-refractivity contribution in [2.75, 3.05) is 13.2 Å². The highest BCUT2D eigenvalue weighted by atomic mass is 16.5. The Balaban J connectivity index is 3.99. The summed E-state index contributed by atoms with van der Waals surface area (Å²) in [6.45, 7) is 3.92. The summed E-state index contributed by atoms with van der Waals surface area (Å²) in [5, 5.41) is 8.69. The van der Waals surface area contributed by atoms with Gasteiger partial charge in [0.25, 0.3) is 0 Å². The SMILES string of the molecule is CCOC(=O)CC(C#N)CC(=O)OCC. The van der Waals surface area contributed by atoms with Crippen molar-refractivity contribution in [3.63, 3.8) is 0 Å². The summed E-state index contributed by atoms with van der Waals surface area (Å²) in [6.07, 6.45) is -0.133. The largest absolute Gasteiger partial charge is 0.466 e. The minimum Gasteiger partial charge on any atom is -0.466 e. The summed E-state index contributed by atoms with van der Waals surface area (Å²) < 4.78 is 9.35. The molecule has 0 fully saturated rings. The summed E-state index contributed by atoms with van der Waals surface area (Å²) in [5.74, 6) is -1.59. The number of nitrogens with zero attached hydrogens (tertiary/aromatic N) is 1. The van der Waals surface area contributed by atoms with Crippen molar-refractivity contribution in [3.8, 4) is 6.07 Å². The van der Waals surface area contributed by atoms with Crippen LogP contribution in [0.4, 0.5) is 0 Å². The first-order valence-corrected chi connectivity index (χ1v) is 4.84. The molecule has 0 aliphatic rings. The van der Waals surface area contributed by atoms with Crippen LogP contribution >= 0.6 is 0 Å². The molecule has 0 bridgehead atoms. The Hall–Kier alpha value is -1.57. The predicted molar refractivity (Wildman–Crippen MR) is 51.6 cm³/mol. The number of esters is 2. The smallest absolute Gasteiger partial charge is 0.307 e. The second-order valence-corrected chi connectivity index (χ2v) is 2.84. The van der Waals surface area contributed by atoms with Crippen LogP contribution in [0.15, 0.2) is 0 Å². The second-order valence-electron chi connectivity index (χ2n) is 2.84. The second kappa shape index (κ2) is 7.80. The third-order valence-electron chi connectivity index (χ3n) is 1.62. The summed E-state index contributed by atoms with van der Waals surface area (Å²) in [6, 6.07) is 1.88. The molecule has 0 saturated carbocycles. The lowest BCUT2D eigenvalue weighted by molar-refractivity contribution is -0.146. The van der Waals surface area contributed by atoms with Crippen LogP contribution in [0.25, 0.3) is 0 Å². The fourth-order valence-corrected chi connectivity index (χ4v) is 1.01. The van der Waals surface area contributed by atoms with E-state index < -0.39 is 17.9 Å². The lowest BCUT2D eigenvalue weighted by atomic mass is 10.0. The number of hydrogen-bond donors (Lipinski definition) is 0. The first kappa shape index (κ1) is 13.4. The van der Waals surface area contributed by atoms with E-state index in [0.717, 1.165) is 0 Å². The molecule has 0 rings (SSSR count). The van der Waals surface area contributed by atoms with Gasteiger partial charge in [-0.2, -0.15) is 5.26 Å². The molecule has 0 unspecified atom stereocenters. The molecule has 0 aromatic heterocycles. The lowest BCUT2D eigenvalue weighted by Crippen LogP contribution is -2.15. The average Bonchev–Trinajstić information content (AvgIpc) is 2.17. The van der Waals surface area contributed by atoms with E-state index in [0.29, 0.717) is 0 Å². The average molecular weight is 213 g/mol. The molecule has 0 aromatic rings. The van der Waals surface area contributed by atoms with Crippen molar-refractivity contribution in [1.82, 2.24) is 0 Å². The van der Waals surface area contributed by atoms with E-state index in [1.165, 1.54) is 0 Å². The number of carbonyl (C=O) groups is 2. The molecule has 5 heteroatoms. The van der Waals surface area contributed by atoms with Gasteiger partial charge in [0.2, 0.25) is 0 Å². The third kappa shape index (κ3) is 6.49. The molecular weight excluding hydrogens is 198 g/mol. The van der Waals surface area contributed by atoms with Gasteiger partial charge in [-0.3, -0.25) is 9.59 Å². The van der Waals surface area contributed by atoms with Gasteiger partial charge >= 0.3 is 11.9 Å². The summed E-state index contributed by atoms with van der Waals surface area (Å²) in [5.41, 5.74) is 0. The minimum atomic E-state index is -0.664. The van der Waals surface area contributed by atoms with Crippen LogP contribution in [0.5, 0.6) is 0 Å². The van der Waals surface area contributed by atoms with Crippen molar-refractivity contribution in [1.29, 1.82) is 5.26 Å². The summed E-state index contributed by atoms with van der Waals surface area (Å²) in [4.78, 5) is 22.1. The number of hydrogen-bond acceptors (Lipinski definition) is 5.